The molecule has 0 bridgehead atoms. The molecule has 0 aromatic heterocycles. The molecule has 0 saturated carbocycles. The van der Waals surface area contributed by atoms with Crippen molar-refractivity contribution in [1.82, 2.24) is 10.2 Å². The van der Waals surface area contributed by atoms with Crippen LogP contribution in [-0.2, 0) is 6.54 Å². The zero-order valence-electron chi connectivity index (χ0n) is 13.4. The fourth-order valence-corrected chi connectivity index (χ4v) is 3.44. The Morgan fingerprint density at radius 3 is 2.62 bits per heavy atom. The van der Waals surface area contributed by atoms with E-state index < -0.39 is 0 Å². The molecule has 0 spiro atoms. The van der Waals surface area contributed by atoms with Crippen molar-refractivity contribution in [2.45, 2.75) is 52.7 Å². The van der Waals surface area contributed by atoms with Gasteiger partial charge in [-0.25, -0.2) is 0 Å². The van der Waals surface area contributed by atoms with Gasteiger partial charge < -0.3 is 5.32 Å². The normalized spacial score (nSPS) is 24.3. The molecule has 2 nitrogen and oxygen atoms in total. The smallest absolute Gasteiger partial charge is 0.0452 e. The zero-order valence-corrected chi connectivity index (χ0v) is 14.9. The molecule has 2 unspecified atom stereocenters. The third kappa shape index (κ3) is 4.35. The molecule has 0 radical (unpaired) electrons. The van der Waals surface area contributed by atoms with Crippen molar-refractivity contribution >= 4 is 23.2 Å². The maximum absolute atomic E-state index is 6.35. The molecule has 2 rings (SSSR count). The maximum Gasteiger partial charge on any atom is 0.0452 e. The number of benzene rings is 1. The Balaban J connectivity index is 2.21. The Kier molecular flexibility index (Phi) is 5.59. The van der Waals surface area contributed by atoms with Crippen molar-refractivity contribution in [2.24, 2.45) is 5.41 Å². The van der Waals surface area contributed by atoms with Crippen LogP contribution in [0.25, 0.3) is 0 Å². The number of piperazine rings is 1. The Morgan fingerprint density at radius 1 is 1.29 bits per heavy atom. The van der Waals surface area contributed by atoms with E-state index in [-0.39, 0.29) is 5.41 Å². The van der Waals surface area contributed by atoms with Crippen LogP contribution in [0.3, 0.4) is 0 Å². The van der Waals surface area contributed by atoms with E-state index in [9.17, 15) is 0 Å². The number of rotatable bonds is 3. The molecule has 0 aliphatic carbocycles. The monoisotopic (exact) mass is 328 g/mol. The van der Waals surface area contributed by atoms with E-state index in [0.29, 0.717) is 12.1 Å². The van der Waals surface area contributed by atoms with Gasteiger partial charge in [0.25, 0.3) is 0 Å². The highest BCUT2D eigenvalue weighted by atomic mass is 35.5. The van der Waals surface area contributed by atoms with Crippen LogP contribution in [0.2, 0.25) is 10.0 Å². The Labute approximate surface area is 138 Å². The molecule has 1 aromatic carbocycles. The third-order valence-electron chi connectivity index (χ3n) is 4.37. The molecule has 1 fully saturated rings. The standard InChI is InChI=1S/C17H26Cl2N2/c1-5-14-11-21(16(9-20-14)17(2,3)4)10-12-8-13(18)6-7-15(12)19/h6-8,14,16,20H,5,9-11H2,1-4H3. The molecule has 1 aromatic rings. The van der Waals surface area contributed by atoms with Crippen LogP contribution in [0, 0.1) is 5.41 Å². The lowest BCUT2D eigenvalue weighted by Gasteiger charge is -2.46. The summed E-state index contributed by atoms with van der Waals surface area (Å²) in [5, 5.41) is 5.22. The van der Waals surface area contributed by atoms with E-state index in [1.54, 1.807) is 0 Å². The second-order valence-corrected chi connectivity index (χ2v) is 7.90. The largest absolute Gasteiger partial charge is 0.311 e. The summed E-state index contributed by atoms with van der Waals surface area (Å²) in [6.07, 6.45) is 1.15. The van der Waals surface area contributed by atoms with E-state index in [0.717, 1.165) is 41.7 Å². The average Bonchev–Trinajstić information content (AvgIpc) is 2.41. The van der Waals surface area contributed by atoms with Gasteiger partial charge in [-0.05, 0) is 35.6 Å². The van der Waals surface area contributed by atoms with Crippen LogP contribution >= 0.6 is 23.2 Å². The number of hydrogen-bond acceptors (Lipinski definition) is 2. The van der Waals surface area contributed by atoms with Crippen molar-refractivity contribution in [1.29, 1.82) is 0 Å². The van der Waals surface area contributed by atoms with Crippen LogP contribution in [0.4, 0.5) is 0 Å². The maximum atomic E-state index is 6.35. The zero-order chi connectivity index (χ0) is 15.6. The fraction of sp³-hybridized carbons (Fsp3) is 0.647. The molecule has 4 heteroatoms. The van der Waals surface area contributed by atoms with Crippen LogP contribution in [-0.4, -0.2) is 30.1 Å². The molecule has 21 heavy (non-hydrogen) atoms. The van der Waals surface area contributed by atoms with Crippen molar-refractivity contribution in [2.75, 3.05) is 13.1 Å². The fourth-order valence-electron chi connectivity index (χ4n) is 3.07. The predicted molar refractivity (Wildman–Crippen MR) is 92.2 cm³/mol. The molecule has 0 amide bonds. The molecule has 2 atom stereocenters. The molecule has 1 aliphatic rings. The first kappa shape index (κ1) is 17.1. The highest BCUT2D eigenvalue weighted by molar-refractivity contribution is 6.33. The predicted octanol–water partition coefficient (Wildman–Crippen LogP) is 4.59. The summed E-state index contributed by atoms with van der Waals surface area (Å²) in [4.78, 5) is 2.56. The molecular weight excluding hydrogens is 303 g/mol. The summed E-state index contributed by atoms with van der Waals surface area (Å²) >= 11 is 12.5. The minimum absolute atomic E-state index is 0.233. The summed E-state index contributed by atoms with van der Waals surface area (Å²) in [5.74, 6) is 0. The van der Waals surface area contributed by atoms with Crippen LogP contribution < -0.4 is 5.32 Å². The summed E-state index contributed by atoms with van der Waals surface area (Å²) in [5.41, 5.74) is 1.35. The molecule has 1 saturated heterocycles. The van der Waals surface area contributed by atoms with Crippen molar-refractivity contribution < 1.29 is 0 Å². The lowest BCUT2D eigenvalue weighted by Crippen LogP contribution is -2.59. The number of hydrogen-bond donors (Lipinski definition) is 1. The molecule has 118 valence electrons. The molecular formula is C17H26Cl2N2. The van der Waals surface area contributed by atoms with Gasteiger partial charge >= 0.3 is 0 Å². The third-order valence-corrected chi connectivity index (χ3v) is 4.97. The molecule has 1 heterocycles. The highest BCUT2D eigenvalue weighted by Crippen LogP contribution is 2.30. The van der Waals surface area contributed by atoms with E-state index >= 15 is 0 Å². The van der Waals surface area contributed by atoms with E-state index in [1.165, 1.54) is 0 Å². The second-order valence-electron chi connectivity index (χ2n) is 7.06. The first-order chi connectivity index (χ1) is 9.81. The summed E-state index contributed by atoms with van der Waals surface area (Å²) in [6, 6.07) is 6.79. The van der Waals surface area contributed by atoms with Gasteiger partial charge in [-0.2, -0.15) is 0 Å². The van der Waals surface area contributed by atoms with Crippen molar-refractivity contribution in [3.05, 3.63) is 33.8 Å². The van der Waals surface area contributed by atoms with Gasteiger partial charge in [0.05, 0.1) is 0 Å². The van der Waals surface area contributed by atoms with E-state index in [2.05, 4.69) is 37.9 Å². The Morgan fingerprint density at radius 2 is 2.00 bits per heavy atom. The van der Waals surface area contributed by atoms with Crippen LogP contribution in [0.5, 0.6) is 0 Å². The van der Waals surface area contributed by atoms with Crippen molar-refractivity contribution in [3.8, 4) is 0 Å². The van der Waals surface area contributed by atoms with Gasteiger partial charge in [0.2, 0.25) is 0 Å². The Bertz CT molecular complexity index is 482. The van der Waals surface area contributed by atoms with Crippen LogP contribution in [0.1, 0.15) is 39.7 Å². The van der Waals surface area contributed by atoms with Gasteiger partial charge in [0.1, 0.15) is 0 Å². The highest BCUT2D eigenvalue weighted by Gasteiger charge is 2.35. The van der Waals surface area contributed by atoms with Crippen molar-refractivity contribution in [3.63, 3.8) is 0 Å². The van der Waals surface area contributed by atoms with Gasteiger partial charge in [-0.15, -0.1) is 0 Å². The topological polar surface area (TPSA) is 15.3 Å². The lowest BCUT2D eigenvalue weighted by atomic mass is 9.83. The quantitative estimate of drug-likeness (QED) is 0.872. The van der Waals surface area contributed by atoms with Gasteiger partial charge in [-0.1, -0.05) is 50.9 Å². The second kappa shape index (κ2) is 6.87. The summed E-state index contributed by atoms with van der Waals surface area (Å²) in [7, 11) is 0. The number of nitrogens with zero attached hydrogens (tertiary/aromatic N) is 1. The minimum Gasteiger partial charge on any atom is -0.311 e. The average molecular weight is 329 g/mol. The van der Waals surface area contributed by atoms with Gasteiger partial charge in [-0.3, -0.25) is 4.90 Å². The lowest BCUT2D eigenvalue weighted by molar-refractivity contribution is 0.0485. The molecule has 1 aliphatic heterocycles. The van der Waals surface area contributed by atoms with Crippen LogP contribution in [0.15, 0.2) is 18.2 Å². The van der Waals surface area contributed by atoms with Gasteiger partial charge in [0.15, 0.2) is 0 Å². The van der Waals surface area contributed by atoms with E-state index in [1.807, 2.05) is 18.2 Å². The number of nitrogens with one attached hydrogen (secondary N) is 1. The first-order valence-corrected chi connectivity index (χ1v) is 8.48. The Hall–Kier alpha value is -0.280. The first-order valence-electron chi connectivity index (χ1n) is 7.72. The summed E-state index contributed by atoms with van der Waals surface area (Å²) in [6.45, 7) is 12.1. The van der Waals surface area contributed by atoms with Gasteiger partial charge in [0, 0.05) is 41.8 Å². The van der Waals surface area contributed by atoms with E-state index in [4.69, 9.17) is 23.2 Å². The minimum atomic E-state index is 0.233. The number of halogens is 2. The molecule has 1 N–H and O–H groups in total. The summed E-state index contributed by atoms with van der Waals surface area (Å²) < 4.78 is 0. The SMILES string of the molecule is CCC1CN(Cc2cc(Cl)ccc2Cl)C(C(C)(C)C)CN1.